The minimum atomic E-state index is -0.105. The summed E-state index contributed by atoms with van der Waals surface area (Å²) in [5.41, 5.74) is 0.563. The number of amides is 1. The molecule has 0 unspecified atom stereocenters. The van der Waals surface area contributed by atoms with Crippen LogP contribution in [0.15, 0.2) is 12.1 Å². The van der Waals surface area contributed by atoms with E-state index >= 15 is 0 Å². The molecule has 2 fully saturated rings. The lowest BCUT2D eigenvalue weighted by atomic mass is 9.95. The van der Waals surface area contributed by atoms with Crippen molar-refractivity contribution in [1.29, 1.82) is 0 Å². The normalized spacial score (nSPS) is 21.4. The number of carbonyl (C=O) groups is 1. The first kappa shape index (κ1) is 16.5. The van der Waals surface area contributed by atoms with Crippen LogP contribution in [0.1, 0.15) is 23.2 Å². The summed E-state index contributed by atoms with van der Waals surface area (Å²) in [5, 5.41) is 0. The molecular weight excluding hydrogens is 326 g/mol. The molecule has 0 atom stereocenters. The van der Waals surface area contributed by atoms with Gasteiger partial charge in [0, 0.05) is 24.6 Å². The number of nitrogens with zero attached hydrogens (tertiary/aromatic N) is 1. The summed E-state index contributed by atoms with van der Waals surface area (Å²) < 4.78 is 27.8. The van der Waals surface area contributed by atoms with Crippen LogP contribution in [0.4, 0.5) is 0 Å². The molecule has 136 valence electrons. The van der Waals surface area contributed by atoms with Gasteiger partial charge in [0.1, 0.15) is 13.2 Å². The molecular formula is C18H23NO6. The van der Waals surface area contributed by atoms with E-state index in [0.717, 1.165) is 12.8 Å². The lowest BCUT2D eigenvalue weighted by molar-refractivity contribution is -0.0956. The molecule has 4 rings (SSSR count). The first-order valence-electron chi connectivity index (χ1n) is 8.76. The monoisotopic (exact) mass is 349 g/mol. The van der Waals surface area contributed by atoms with Gasteiger partial charge in [0.25, 0.3) is 5.91 Å². The van der Waals surface area contributed by atoms with Crippen LogP contribution in [0.3, 0.4) is 0 Å². The second-order valence-corrected chi connectivity index (χ2v) is 6.44. The van der Waals surface area contributed by atoms with E-state index in [-0.39, 0.29) is 12.2 Å². The Morgan fingerprint density at radius 3 is 2.52 bits per heavy atom. The molecule has 3 aliphatic heterocycles. The Hall–Kier alpha value is -1.99. The first-order chi connectivity index (χ1) is 12.3. The predicted molar refractivity (Wildman–Crippen MR) is 88.3 cm³/mol. The number of hydrogen-bond donors (Lipinski definition) is 0. The van der Waals surface area contributed by atoms with Gasteiger partial charge in [-0.2, -0.15) is 0 Å². The summed E-state index contributed by atoms with van der Waals surface area (Å²) in [7, 11) is 1.56. The molecule has 7 heteroatoms. The van der Waals surface area contributed by atoms with Gasteiger partial charge in [-0.1, -0.05) is 0 Å². The minimum Gasteiger partial charge on any atom is -0.493 e. The van der Waals surface area contributed by atoms with E-state index in [1.165, 1.54) is 0 Å². The van der Waals surface area contributed by atoms with Crippen LogP contribution in [0.5, 0.6) is 17.2 Å². The predicted octanol–water partition coefficient (Wildman–Crippen LogP) is 1.69. The number of ether oxygens (including phenoxy) is 5. The van der Waals surface area contributed by atoms with Crippen molar-refractivity contribution < 1.29 is 28.5 Å². The van der Waals surface area contributed by atoms with E-state index in [4.69, 9.17) is 23.7 Å². The maximum atomic E-state index is 12.9. The number of carbonyl (C=O) groups excluding carboxylic acids is 1. The minimum absolute atomic E-state index is 0.0121. The van der Waals surface area contributed by atoms with E-state index < -0.39 is 0 Å². The Labute approximate surface area is 146 Å². The van der Waals surface area contributed by atoms with Gasteiger partial charge in [0.2, 0.25) is 5.75 Å². The molecule has 2 saturated heterocycles. The highest BCUT2D eigenvalue weighted by atomic mass is 16.7. The Morgan fingerprint density at radius 1 is 1.08 bits per heavy atom. The number of likely N-dealkylation sites (tertiary alicyclic amines) is 1. The number of hydrogen-bond acceptors (Lipinski definition) is 6. The van der Waals surface area contributed by atoms with Crippen molar-refractivity contribution in [2.24, 2.45) is 5.92 Å². The van der Waals surface area contributed by atoms with Crippen molar-refractivity contribution in [3.8, 4) is 17.2 Å². The van der Waals surface area contributed by atoms with E-state index in [1.54, 1.807) is 19.2 Å². The van der Waals surface area contributed by atoms with Gasteiger partial charge in [-0.05, 0) is 25.0 Å². The Bertz CT molecular complexity index is 617. The molecule has 0 bridgehead atoms. The van der Waals surface area contributed by atoms with Crippen molar-refractivity contribution in [2.75, 3.05) is 46.6 Å². The number of benzene rings is 1. The number of rotatable bonds is 3. The maximum Gasteiger partial charge on any atom is 0.254 e. The van der Waals surface area contributed by atoms with E-state index in [0.29, 0.717) is 68.2 Å². The molecule has 0 radical (unpaired) electrons. The second-order valence-electron chi connectivity index (χ2n) is 6.44. The molecule has 0 N–H and O–H groups in total. The Morgan fingerprint density at radius 2 is 1.80 bits per heavy atom. The largest absolute Gasteiger partial charge is 0.493 e. The maximum absolute atomic E-state index is 12.9. The number of methoxy groups -OCH3 is 1. The highest BCUT2D eigenvalue weighted by Gasteiger charge is 2.32. The highest BCUT2D eigenvalue weighted by Crippen LogP contribution is 2.40. The van der Waals surface area contributed by atoms with Crippen LogP contribution in [-0.2, 0) is 9.47 Å². The smallest absolute Gasteiger partial charge is 0.254 e. The summed E-state index contributed by atoms with van der Waals surface area (Å²) in [6, 6.07) is 3.47. The molecule has 25 heavy (non-hydrogen) atoms. The van der Waals surface area contributed by atoms with Crippen molar-refractivity contribution in [3.05, 3.63) is 17.7 Å². The van der Waals surface area contributed by atoms with Crippen LogP contribution in [0.25, 0.3) is 0 Å². The molecule has 7 nitrogen and oxygen atoms in total. The SMILES string of the molecule is COc1cc(C(=O)N2CCC(C3OCCO3)CC2)cc2c1OCCO2. The molecule has 1 aromatic carbocycles. The third-order valence-electron chi connectivity index (χ3n) is 4.93. The summed E-state index contributed by atoms with van der Waals surface area (Å²) in [4.78, 5) is 14.8. The fourth-order valence-electron chi connectivity index (χ4n) is 3.60. The van der Waals surface area contributed by atoms with Crippen molar-refractivity contribution in [2.45, 2.75) is 19.1 Å². The van der Waals surface area contributed by atoms with Crippen molar-refractivity contribution in [1.82, 2.24) is 4.90 Å². The third kappa shape index (κ3) is 3.26. The highest BCUT2D eigenvalue weighted by molar-refractivity contribution is 5.95. The zero-order chi connectivity index (χ0) is 17.2. The summed E-state index contributed by atoms with van der Waals surface area (Å²) in [6.45, 7) is 3.69. The number of piperidine rings is 1. The topological polar surface area (TPSA) is 66.5 Å². The van der Waals surface area contributed by atoms with Gasteiger partial charge < -0.3 is 28.6 Å². The molecule has 1 amide bonds. The quantitative estimate of drug-likeness (QED) is 0.827. The fraction of sp³-hybridized carbons (Fsp3) is 0.611. The van der Waals surface area contributed by atoms with Crippen LogP contribution in [0, 0.1) is 5.92 Å². The van der Waals surface area contributed by atoms with Gasteiger partial charge in [-0.15, -0.1) is 0 Å². The van der Waals surface area contributed by atoms with Crippen molar-refractivity contribution >= 4 is 5.91 Å². The van der Waals surface area contributed by atoms with Crippen molar-refractivity contribution in [3.63, 3.8) is 0 Å². The molecule has 0 saturated carbocycles. The average molecular weight is 349 g/mol. The van der Waals surface area contributed by atoms with Gasteiger partial charge in [-0.3, -0.25) is 4.79 Å². The van der Waals surface area contributed by atoms with Crippen LogP contribution >= 0.6 is 0 Å². The fourth-order valence-corrected chi connectivity index (χ4v) is 3.60. The first-order valence-corrected chi connectivity index (χ1v) is 8.76. The molecule has 0 aromatic heterocycles. The lowest BCUT2D eigenvalue weighted by Crippen LogP contribution is -2.41. The van der Waals surface area contributed by atoms with Gasteiger partial charge in [0.05, 0.1) is 20.3 Å². The van der Waals surface area contributed by atoms with Crippen LogP contribution in [-0.4, -0.2) is 63.7 Å². The zero-order valence-corrected chi connectivity index (χ0v) is 14.4. The Kier molecular flexibility index (Phi) is 4.67. The van der Waals surface area contributed by atoms with Crippen LogP contribution < -0.4 is 14.2 Å². The zero-order valence-electron chi connectivity index (χ0n) is 14.4. The van der Waals surface area contributed by atoms with Crippen LogP contribution in [0.2, 0.25) is 0 Å². The van der Waals surface area contributed by atoms with Gasteiger partial charge >= 0.3 is 0 Å². The summed E-state index contributed by atoms with van der Waals surface area (Å²) in [6.07, 6.45) is 1.67. The van der Waals surface area contributed by atoms with E-state index in [1.807, 2.05) is 4.90 Å². The molecule has 3 aliphatic rings. The second kappa shape index (κ2) is 7.09. The number of fused-ring (bicyclic) bond motifs is 1. The van der Waals surface area contributed by atoms with Gasteiger partial charge in [-0.25, -0.2) is 0 Å². The lowest BCUT2D eigenvalue weighted by Gasteiger charge is -2.34. The van der Waals surface area contributed by atoms with Gasteiger partial charge in [0.15, 0.2) is 17.8 Å². The molecule has 0 aliphatic carbocycles. The summed E-state index contributed by atoms with van der Waals surface area (Å²) in [5.74, 6) is 2.02. The standard InChI is InChI=1S/C18H23NO6/c1-21-14-10-13(11-15-16(14)23-7-6-22-15)17(20)19-4-2-12(3-5-19)18-24-8-9-25-18/h10-12,18H,2-9H2,1H3. The average Bonchev–Trinajstić information content (AvgIpc) is 3.21. The third-order valence-corrected chi connectivity index (χ3v) is 4.93. The molecule has 3 heterocycles. The Balaban J connectivity index is 1.46. The molecule has 1 aromatic rings. The summed E-state index contributed by atoms with van der Waals surface area (Å²) >= 11 is 0. The van der Waals surface area contributed by atoms with E-state index in [9.17, 15) is 4.79 Å². The molecule has 0 spiro atoms. The van der Waals surface area contributed by atoms with E-state index in [2.05, 4.69) is 0 Å².